The maximum Gasteiger partial charge on any atom is 0.243 e. The second-order valence-electron chi connectivity index (χ2n) is 8.32. The van der Waals surface area contributed by atoms with E-state index in [2.05, 4.69) is 20.5 Å². The van der Waals surface area contributed by atoms with Crippen LogP contribution in [-0.2, 0) is 21.4 Å². The number of carbonyl (C=O) groups is 1. The maximum atomic E-state index is 14.5. The van der Waals surface area contributed by atoms with Gasteiger partial charge in [0, 0.05) is 35.0 Å². The van der Waals surface area contributed by atoms with Crippen molar-refractivity contribution in [3.8, 4) is 11.4 Å². The van der Waals surface area contributed by atoms with Crippen molar-refractivity contribution in [1.29, 1.82) is 0 Å². The summed E-state index contributed by atoms with van der Waals surface area (Å²) in [6.45, 7) is 1.17. The smallest absolute Gasteiger partial charge is 0.243 e. The number of aromatic nitrogens is 3. The molecule has 0 bridgehead atoms. The summed E-state index contributed by atoms with van der Waals surface area (Å²) >= 11 is 7.49. The van der Waals surface area contributed by atoms with Gasteiger partial charge in [0.2, 0.25) is 21.1 Å². The van der Waals surface area contributed by atoms with Crippen molar-refractivity contribution in [2.45, 2.75) is 23.5 Å². The second kappa shape index (κ2) is 12.5. The molecule has 1 heterocycles. The van der Waals surface area contributed by atoms with Crippen LogP contribution < -0.4 is 5.32 Å². The van der Waals surface area contributed by atoms with Crippen LogP contribution in [0.5, 0.6) is 0 Å². The van der Waals surface area contributed by atoms with Gasteiger partial charge in [0.05, 0.1) is 11.4 Å². The number of aryl methyl sites for hydroxylation is 1. The fraction of sp³-hybridized carbons (Fsp3) is 0.192. The molecule has 0 saturated carbocycles. The molecule has 0 aliphatic rings. The Labute approximate surface area is 229 Å². The van der Waals surface area contributed by atoms with Gasteiger partial charge in [-0.15, -0.1) is 5.10 Å². The van der Waals surface area contributed by atoms with Crippen molar-refractivity contribution in [1.82, 2.24) is 24.8 Å². The monoisotopic (exact) mass is 573 g/mol. The van der Waals surface area contributed by atoms with E-state index in [4.69, 9.17) is 11.6 Å². The van der Waals surface area contributed by atoms with Gasteiger partial charge in [-0.2, -0.15) is 4.31 Å². The van der Waals surface area contributed by atoms with Gasteiger partial charge in [-0.25, -0.2) is 17.8 Å². The first kappa shape index (κ1) is 27.8. The number of nitrogens with zero attached hydrogens (tertiary/aromatic N) is 3. The molecule has 4 aromatic rings. The average molecular weight is 574 g/mol. The predicted octanol–water partition coefficient (Wildman–Crippen LogP) is 4.67. The van der Waals surface area contributed by atoms with E-state index in [0.717, 1.165) is 15.4 Å². The topological polar surface area (TPSA) is 108 Å². The summed E-state index contributed by atoms with van der Waals surface area (Å²) < 4.78 is 42.2. The first-order valence-corrected chi connectivity index (χ1v) is 14.4. The number of aromatic amines is 1. The highest BCUT2D eigenvalue weighted by molar-refractivity contribution is 7.99. The Morgan fingerprint density at radius 2 is 1.82 bits per heavy atom. The number of amides is 1. The molecule has 0 aliphatic heterocycles. The molecule has 8 nitrogen and oxygen atoms in total. The minimum absolute atomic E-state index is 0.00209. The van der Waals surface area contributed by atoms with Crippen molar-refractivity contribution in [3.63, 3.8) is 0 Å². The summed E-state index contributed by atoms with van der Waals surface area (Å²) in [4.78, 5) is 17.2. The van der Waals surface area contributed by atoms with Crippen LogP contribution in [0.15, 0.2) is 82.8 Å². The number of benzene rings is 3. The van der Waals surface area contributed by atoms with Crippen LogP contribution in [0.1, 0.15) is 11.1 Å². The van der Waals surface area contributed by atoms with Crippen LogP contribution in [0.2, 0.25) is 5.02 Å². The zero-order valence-electron chi connectivity index (χ0n) is 20.4. The summed E-state index contributed by atoms with van der Waals surface area (Å²) in [5.74, 6) is -0.0869. The van der Waals surface area contributed by atoms with Crippen molar-refractivity contribution in [2.24, 2.45) is 0 Å². The van der Waals surface area contributed by atoms with Crippen LogP contribution in [0.4, 0.5) is 4.39 Å². The van der Waals surface area contributed by atoms with Crippen LogP contribution in [0, 0.1) is 12.7 Å². The minimum atomic E-state index is -4.12. The predicted molar refractivity (Wildman–Crippen MR) is 146 cm³/mol. The van der Waals surface area contributed by atoms with Crippen molar-refractivity contribution < 1.29 is 17.6 Å². The number of carbonyl (C=O) groups excluding carboxylic acids is 1. The van der Waals surface area contributed by atoms with Crippen LogP contribution in [-0.4, -0.2) is 52.7 Å². The van der Waals surface area contributed by atoms with E-state index < -0.39 is 34.8 Å². The third-order valence-electron chi connectivity index (χ3n) is 5.54. The number of halogens is 2. The largest absolute Gasteiger partial charge is 0.354 e. The van der Waals surface area contributed by atoms with Gasteiger partial charge in [0.1, 0.15) is 5.82 Å². The van der Waals surface area contributed by atoms with Gasteiger partial charge in [-0.3, -0.25) is 9.89 Å². The number of rotatable bonds is 11. The van der Waals surface area contributed by atoms with E-state index in [-0.39, 0.29) is 22.0 Å². The van der Waals surface area contributed by atoms with Gasteiger partial charge in [-0.05, 0) is 31.2 Å². The molecule has 0 spiro atoms. The molecule has 0 unspecified atom stereocenters. The molecule has 1 aromatic heterocycles. The first-order valence-electron chi connectivity index (χ1n) is 11.6. The normalized spacial score (nSPS) is 11.6. The highest BCUT2D eigenvalue weighted by Crippen LogP contribution is 2.25. The van der Waals surface area contributed by atoms with Gasteiger partial charge in [0.15, 0.2) is 5.82 Å². The Kier molecular flexibility index (Phi) is 9.16. The number of H-pyrrole nitrogens is 1. The molecule has 38 heavy (non-hydrogen) atoms. The van der Waals surface area contributed by atoms with E-state index in [1.165, 1.54) is 42.1 Å². The van der Waals surface area contributed by atoms with Crippen molar-refractivity contribution in [2.75, 3.05) is 18.8 Å². The van der Waals surface area contributed by atoms with Crippen LogP contribution in [0.3, 0.4) is 0 Å². The van der Waals surface area contributed by atoms with E-state index in [9.17, 15) is 17.6 Å². The molecule has 0 atom stereocenters. The molecular weight excluding hydrogens is 549 g/mol. The fourth-order valence-electron chi connectivity index (χ4n) is 3.53. The van der Waals surface area contributed by atoms with Crippen molar-refractivity contribution >= 4 is 39.3 Å². The molecule has 0 saturated heterocycles. The number of sulfonamides is 1. The van der Waals surface area contributed by atoms with Gasteiger partial charge in [-0.1, -0.05) is 77.5 Å². The molecule has 4 rings (SSSR count). The van der Waals surface area contributed by atoms with E-state index in [1.54, 1.807) is 12.1 Å². The average Bonchev–Trinajstić information content (AvgIpc) is 3.38. The zero-order valence-corrected chi connectivity index (χ0v) is 22.8. The first-order chi connectivity index (χ1) is 18.2. The van der Waals surface area contributed by atoms with E-state index >= 15 is 0 Å². The summed E-state index contributed by atoms with van der Waals surface area (Å²) in [6.07, 6.45) is 0. The number of thioether (sulfide) groups is 1. The molecule has 3 aromatic carbocycles. The summed E-state index contributed by atoms with van der Waals surface area (Å²) in [6, 6.07) is 19.9. The zero-order chi connectivity index (χ0) is 27.1. The molecule has 198 valence electrons. The SMILES string of the molecule is Cc1ccc(S(=O)(=O)N(CC(=O)NCCSc2n[nH]c(-c3ccccc3)n2)Cc2c(F)cccc2Cl)cc1. The third kappa shape index (κ3) is 6.98. The molecule has 12 heteroatoms. The lowest BCUT2D eigenvalue weighted by atomic mass is 10.2. The molecule has 1 amide bonds. The quantitative estimate of drug-likeness (QED) is 0.199. The number of nitrogens with one attached hydrogen (secondary N) is 2. The lowest BCUT2D eigenvalue weighted by molar-refractivity contribution is -0.121. The van der Waals surface area contributed by atoms with Gasteiger partial charge < -0.3 is 5.32 Å². The van der Waals surface area contributed by atoms with E-state index in [0.29, 0.717) is 16.7 Å². The third-order valence-corrected chi connectivity index (χ3v) is 8.55. The second-order valence-corrected chi connectivity index (χ2v) is 11.7. The molecule has 0 fully saturated rings. The molecule has 0 radical (unpaired) electrons. The summed E-state index contributed by atoms with van der Waals surface area (Å²) in [5, 5.41) is 10.4. The molecular formula is C26H25ClFN5O3S2. The van der Waals surface area contributed by atoms with Crippen LogP contribution >= 0.6 is 23.4 Å². The Hall–Kier alpha value is -3.25. The standard InChI is InChI=1S/C26H25ClFN5O3S2/c1-18-10-12-20(13-11-18)38(35,36)33(16-21-22(27)8-5-9-23(21)28)17-24(34)29-14-15-37-26-30-25(31-32-26)19-6-3-2-4-7-19/h2-13H,14-17H2,1H3,(H,29,34)(H,30,31,32). The molecule has 0 aliphatic carbocycles. The van der Waals surface area contributed by atoms with Crippen LogP contribution in [0.25, 0.3) is 11.4 Å². The fourth-order valence-corrected chi connectivity index (χ4v) is 5.77. The van der Waals surface area contributed by atoms with Gasteiger partial charge in [0.25, 0.3) is 0 Å². The Bertz CT molecular complexity index is 1480. The lowest BCUT2D eigenvalue weighted by Crippen LogP contribution is -2.41. The lowest BCUT2D eigenvalue weighted by Gasteiger charge is -2.23. The van der Waals surface area contributed by atoms with E-state index in [1.807, 2.05) is 37.3 Å². The highest BCUT2D eigenvalue weighted by atomic mass is 35.5. The number of hydrogen-bond donors (Lipinski definition) is 2. The number of hydrogen-bond acceptors (Lipinski definition) is 6. The Morgan fingerprint density at radius 3 is 2.53 bits per heavy atom. The summed E-state index contributed by atoms with van der Waals surface area (Å²) in [7, 11) is -4.12. The minimum Gasteiger partial charge on any atom is -0.354 e. The van der Waals surface area contributed by atoms with Gasteiger partial charge >= 0.3 is 0 Å². The summed E-state index contributed by atoms with van der Waals surface area (Å²) in [5.41, 5.74) is 1.78. The Morgan fingerprint density at radius 1 is 1.08 bits per heavy atom. The molecule has 2 N–H and O–H groups in total. The Balaban J connectivity index is 1.40. The van der Waals surface area contributed by atoms with Crippen molar-refractivity contribution in [3.05, 3.63) is 94.8 Å². The highest BCUT2D eigenvalue weighted by Gasteiger charge is 2.28. The maximum absolute atomic E-state index is 14.5.